The molecule has 5 rings (SSSR count). The highest BCUT2D eigenvalue weighted by Crippen LogP contribution is 2.41. The standard InChI is InChI=1S/C27H31N3O4/c1-34-24-12-5-3-10-21(24)27(33)30-22-11-4-2-7-17(22)16-23(30)26(32)29-20-9-6-8-18(15-20)25(31)28-19-13-14-19/h3,5-6,8-10,12,15,17,19,22-23H,2,4,7,11,13-14,16H2,1H3,(H,28,31)(H,29,32). The van der Waals surface area contributed by atoms with E-state index in [4.69, 9.17) is 4.74 Å². The van der Waals surface area contributed by atoms with Crippen LogP contribution in [0.2, 0.25) is 0 Å². The topological polar surface area (TPSA) is 87.7 Å². The van der Waals surface area contributed by atoms with E-state index < -0.39 is 6.04 Å². The van der Waals surface area contributed by atoms with E-state index in [1.807, 2.05) is 12.1 Å². The predicted molar refractivity (Wildman–Crippen MR) is 129 cm³/mol. The Labute approximate surface area is 199 Å². The average molecular weight is 462 g/mol. The van der Waals surface area contributed by atoms with Gasteiger partial charge in [-0.1, -0.05) is 31.0 Å². The summed E-state index contributed by atoms with van der Waals surface area (Å²) in [5.74, 6) is 0.333. The first-order valence-corrected chi connectivity index (χ1v) is 12.2. The van der Waals surface area contributed by atoms with Gasteiger partial charge in [0.05, 0.1) is 12.7 Å². The Hall–Kier alpha value is -3.35. The van der Waals surface area contributed by atoms with E-state index in [0.717, 1.165) is 38.5 Å². The molecule has 7 nitrogen and oxygen atoms in total. The second kappa shape index (κ2) is 9.49. The van der Waals surface area contributed by atoms with Crippen molar-refractivity contribution in [1.82, 2.24) is 10.2 Å². The molecule has 1 heterocycles. The molecule has 1 aliphatic heterocycles. The summed E-state index contributed by atoms with van der Waals surface area (Å²) in [4.78, 5) is 41.4. The fraction of sp³-hybridized carbons (Fsp3) is 0.444. The van der Waals surface area contributed by atoms with Gasteiger partial charge >= 0.3 is 0 Å². The van der Waals surface area contributed by atoms with Crippen molar-refractivity contribution in [3.63, 3.8) is 0 Å². The van der Waals surface area contributed by atoms with Crippen LogP contribution in [0, 0.1) is 5.92 Å². The molecular formula is C27H31N3O4. The maximum absolute atomic E-state index is 13.7. The molecule has 3 fully saturated rings. The van der Waals surface area contributed by atoms with Crippen molar-refractivity contribution in [2.75, 3.05) is 12.4 Å². The third kappa shape index (κ3) is 4.52. The summed E-state index contributed by atoms with van der Waals surface area (Å²) >= 11 is 0. The van der Waals surface area contributed by atoms with Gasteiger partial charge < -0.3 is 20.3 Å². The highest BCUT2D eigenvalue weighted by atomic mass is 16.5. The summed E-state index contributed by atoms with van der Waals surface area (Å²) < 4.78 is 5.43. The summed E-state index contributed by atoms with van der Waals surface area (Å²) in [7, 11) is 1.55. The zero-order valence-electron chi connectivity index (χ0n) is 19.5. The molecule has 0 radical (unpaired) electrons. The number of hydrogen-bond donors (Lipinski definition) is 2. The van der Waals surface area contributed by atoms with Crippen molar-refractivity contribution >= 4 is 23.4 Å². The van der Waals surface area contributed by atoms with Gasteiger partial charge in [-0.25, -0.2) is 0 Å². The molecular weight excluding hydrogens is 430 g/mol. The van der Waals surface area contributed by atoms with Gasteiger partial charge in [0, 0.05) is 23.3 Å². The lowest BCUT2D eigenvalue weighted by Crippen LogP contribution is -2.48. The number of rotatable bonds is 6. The lowest BCUT2D eigenvalue weighted by atomic mass is 9.84. The first-order chi connectivity index (χ1) is 16.5. The summed E-state index contributed by atoms with van der Waals surface area (Å²) in [5, 5.41) is 5.95. The Morgan fingerprint density at radius 2 is 1.76 bits per heavy atom. The predicted octanol–water partition coefficient (Wildman–Crippen LogP) is 4.00. The van der Waals surface area contributed by atoms with Crippen LogP contribution in [-0.2, 0) is 4.79 Å². The van der Waals surface area contributed by atoms with Crippen LogP contribution in [0.25, 0.3) is 0 Å². The van der Waals surface area contributed by atoms with Crippen LogP contribution in [-0.4, -0.2) is 47.9 Å². The molecule has 7 heteroatoms. The molecule has 178 valence electrons. The van der Waals surface area contributed by atoms with E-state index in [0.29, 0.717) is 34.9 Å². The number of nitrogens with one attached hydrogen (secondary N) is 2. The van der Waals surface area contributed by atoms with Gasteiger partial charge in [0.15, 0.2) is 0 Å². The number of hydrogen-bond acceptors (Lipinski definition) is 4. The molecule has 34 heavy (non-hydrogen) atoms. The zero-order valence-corrected chi connectivity index (χ0v) is 19.5. The van der Waals surface area contributed by atoms with Crippen LogP contribution in [0.3, 0.4) is 0 Å². The zero-order chi connectivity index (χ0) is 23.7. The maximum Gasteiger partial charge on any atom is 0.258 e. The highest BCUT2D eigenvalue weighted by molar-refractivity contribution is 6.03. The monoisotopic (exact) mass is 461 g/mol. The number of anilines is 1. The Morgan fingerprint density at radius 1 is 0.971 bits per heavy atom. The molecule has 2 aliphatic carbocycles. The number of methoxy groups -OCH3 is 1. The van der Waals surface area contributed by atoms with Gasteiger partial charge in [-0.15, -0.1) is 0 Å². The molecule has 0 spiro atoms. The maximum atomic E-state index is 13.7. The molecule has 2 aromatic carbocycles. The fourth-order valence-corrected chi connectivity index (χ4v) is 5.41. The van der Waals surface area contributed by atoms with Crippen LogP contribution in [0.5, 0.6) is 5.75 Å². The molecule has 2 aromatic rings. The quantitative estimate of drug-likeness (QED) is 0.681. The molecule has 3 atom stereocenters. The number of carbonyl (C=O) groups excluding carboxylic acids is 3. The van der Waals surface area contributed by atoms with Gasteiger partial charge in [0.1, 0.15) is 11.8 Å². The van der Waals surface area contributed by atoms with E-state index in [1.165, 1.54) is 0 Å². The number of amides is 3. The van der Waals surface area contributed by atoms with Gasteiger partial charge in [0.2, 0.25) is 5.91 Å². The molecule has 3 amide bonds. The van der Waals surface area contributed by atoms with Crippen LogP contribution in [0.1, 0.15) is 65.7 Å². The first-order valence-electron chi connectivity index (χ1n) is 12.2. The lowest BCUT2D eigenvalue weighted by molar-refractivity contribution is -0.120. The van der Waals surface area contributed by atoms with Gasteiger partial charge in [-0.3, -0.25) is 14.4 Å². The highest BCUT2D eigenvalue weighted by Gasteiger charge is 2.48. The Kier molecular flexibility index (Phi) is 6.26. The molecule has 2 N–H and O–H groups in total. The van der Waals surface area contributed by atoms with Crippen molar-refractivity contribution in [1.29, 1.82) is 0 Å². The molecule has 2 saturated carbocycles. The largest absolute Gasteiger partial charge is 0.496 e. The number of fused-ring (bicyclic) bond motifs is 1. The Bertz CT molecular complexity index is 1100. The molecule has 1 saturated heterocycles. The van der Waals surface area contributed by atoms with Crippen molar-refractivity contribution < 1.29 is 19.1 Å². The van der Waals surface area contributed by atoms with Crippen LogP contribution < -0.4 is 15.4 Å². The number of para-hydroxylation sites is 1. The van der Waals surface area contributed by atoms with E-state index in [1.54, 1.807) is 48.4 Å². The minimum absolute atomic E-state index is 0.0533. The van der Waals surface area contributed by atoms with E-state index >= 15 is 0 Å². The minimum atomic E-state index is -0.561. The number of carbonyl (C=O) groups is 3. The fourth-order valence-electron chi connectivity index (χ4n) is 5.41. The third-order valence-electron chi connectivity index (χ3n) is 7.27. The third-order valence-corrected chi connectivity index (χ3v) is 7.27. The van der Waals surface area contributed by atoms with E-state index in [-0.39, 0.29) is 29.8 Å². The SMILES string of the molecule is COc1ccccc1C(=O)N1C(C(=O)Nc2cccc(C(=O)NC3CC3)c2)CC2CCCCC21. The van der Waals surface area contributed by atoms with Crippen molar-refractivity contribution in [2.24, 2.45) is 5.92 Å². The second-order valence-corrected chi connectivity index (χ2v) is 9.59. The normalized spacial score (nSPS) is 23.7. The molecule has 0 bridgehead atoms. The van der Waals surface area contributed by atoms with Gasteiger partial charge in [-0.05, 0) is 68.4 Å². The van der Waals surface area contributed by atoms with Crippen LogP contribution >= 0.6 is 0 Å². The number of ether oxygens (including phenoxy) is 1. The molecule has 3 aliphatic rings. The summed E-state index contributed by atoms with van der Waals surface area (Å²) in [6.07, 6.45) is 6.81. The van der Waals surface area contributed by atoms with Crippen LogP contribution in [0.4, 0.5) is 5.69 Å². The summed E-state index contributed by atoms with van der Waals surface area (Å²) in [6.45, 7) is 0. The van der Waals surface area contributed by atoms with Crippen molar-refractivity contribution in [2.45, 2.75) is 63.1 Å². The Morgan fingerprint density at radius 3 is 2.56 bits per heavy atom. The van der Waals surface area contributed by atoms with Gasteiger partial charge in [0.25, 0.3) is 11.8 Å². The Balaban J connectivity index is 1.38. The van der Waals surface area contributed by atoms with E-state index in [2.05, 4.69) is 10.6 Å². The molecule has 0 aromatic heterocycles. The molecule has 3 unspecified atom stereocenters. The first kappa shape index (κ1) is 22.4. The van der Waals surface area contributed by atoms with Crippen LogP contribution in [0.15, 0.2) is 48.5 Å². The number of likely N-dealkylation sites (tertiary alicyclic amines) is 1. The van der Waals surface area contributed by atoms with Gasteiger partial charge in [-0.2, -0.15) is 0 Å². The summed E-state index contributed by atoms with van der Waals surface area (Å²) in [6, 6.07) is 13.9. The van der Waals surface area contributed by atoms with Crippen molar-refractivity contribution in [3.8, 4) is 5.75 Å². The number of benzene rings is 2. The lowest BCUT2D eigenvalue weighted by Gasteiger charge is -2.34. The van der Waals surface area contributed by atoms with E-state index in [9.17, 15) is 14.4 Å². The number of nitrogens with zero attached hydrogens (tertiary/aromatic N) is 1. The summed E-state index contributed by atoms with van der Waals surface area (Å²) in [5.41, 5.74) is 1.56. The average Bonchev–Trinajstić information content (AvgIpc) is 3.59. The minimum Gasteiger partial charge on any atom is -0.496 e. The van der Waals surface area contributed by atoms with Crippen molar-refractivity contribution in [3.05, 3.63) is 59.7 Å². The smallest absolute Gasteiger partial charge is 0.258 e. The second-order valence-electron chi connectivity index (χ2n) is 9.59.